The lowest BCUT2D eigenvalue weighted by Gasteiger charge is -2.29. The quantitative estimate of drug-likeness (QED) is 0.472. The number of halogens is 5. The van der Waals surface area contributed by atoms with Gasteiger partial charge in [0, 0.05) is 9.65 Å². The Bertz CT molecular complexity index is 636. The Morgan fingerprint density at radius 2 is 1.52 bits per heavy atom. The van der Waals surface area contributed by atoms with Crippen LogP contribution in [0.2, 0.25) is 0 Å². The second-order valence-corrected chi connectivity index (χ2v) is 8.13. The molecule has 1 heterocycles. The van der Waals surface area contributed by atoms with Gasteiger partial charge in [0.15, 0.2) is 0 Å². The maximum atomic E-state index is 12.8. The van der Waals surface area contributed by atoms with Gasteiger partial charge >= 0.3 is 6.18 Å². The SMILES string of the molecule is O=C1C2CC(Br)C(Br)CC2C(=O)N1c1cccc(C(F)(F)F)c1. The Morgan fingerprint density at radius 1 is 1.00 bits per heavy atom. The third-order valence-corrected chi connectivity index (χ3v) is 7.08. The number of rotatable bonds is 1. The number of hydrogen-bond donors (Lipinski definition) is 0. The molecule has 3 nitrogen and oxygen atoms in total. The van der Waals surface area contributed by atoms with Gasteiger partial charge in [-0.3, -0.25) is 14.5 Å². The summed E-state index contributed by atoms with van der Waals surface area (Å²) < 4.78 is 38.5. The van der Waals surface area contributed by atoms with Crippen molar-refractivity contribution in [3.63, 3.8) is 0 Å². The van der Waals surface area contributed by atoms with E-state index in [1.807, 2.05) is 0 Å². The predicted molar refractivity (Wildman–Crippen MR) is 85.6 cm³/mol. The van der Waals surface area contributed by atoms with Crippen LogP contribution in [0.4, 0.5) is 18.9 Å². The average molecular weight is 455 g/mol. The van der Waals surface area contributed by atoms with Gasteiger partial charge in [-0.05, 0) is 31.0 Å². The molecule has 0 N–H and O–H groups in total. The molecule has 0 bridgehead atoms. The lowest BCUT2D eigenvalue weighted by atomic mass is 9.81. The predicted octanol–water partition coefficient (Wildman–Crippen LogP) is 4.13. The minimum absolute atomic E-state index is 0.0125. The van der Waals surface area contributed by atoms with E-state index in [1.54, 1.807) is 0 Å². The van der Waals surface area contributed by atoms with Crippen LogP contribution < -0.4 is 4.90 Å². The van der Waals surface area contributed by atoms with Gasteiger partial charge in [-0.1, -0.05) is 37.9 Å². The van der Waals surface area contributed by atoms with E-state index >= 15 is 0 Å². The molecule has 1 aliphatic carbocycles. The van der Waals surface area contributed by atoms with Gasteiger partial charge in [0.1, 0.15) is 0 Å². The number of hydrogen-bond acceptors (Lipinski definition) is 2. The van der Waals surface area contributed by atoms with Gasteiger partial charge in [-0.2, -0.15) is 13.2 Å². The molecule has 2 aliphatic rings. The maximum absolute atomic E-state index is 12.8. The number of alkyl halides is 5. The molecule has 124 valence electrons. The van der Waals surface area contributed by atoms with Crippen molar-refractivity contribution >= 4 is 49.4 Å². The highest BCUT2D eigenvalue weighted by Crippen LogP contribution is 2.44. The molecule has 0 radical (unpaired) electrons. The topological polar surface area (TPSA) is 37.4 Å². The zero-order valence-electron chi connectivity index (χ0n) is 11.7. The van der Waals surface area contributed by atoms with E-state index in [-0.39, 0.29) is 15.3 Å². The summed E-state index contributed by atoms with van der Waals surface area (Å²) in [4.78, 5) is 26.1. The van der Waals surface area contributed by atoms with Gasteiger partial charge < -0.3 is 0 Å². The molecule has 1 aromatic carbocycles. The minimum Gasteiger partial charge on any atom is -0.274 e. The highest BCUT2D eigenvalue weighted by atomic mass is 79.9. The van der Waals surface area contributed by atoms with Crippen LogP contribution in [0, 0.1) is 11.8 Å². The van der Waals surface area contributed by atoms with E-state index in [1.165, 1.54) is 12.1 Å². The number of benzene rings is 1. The highest BCUT2D eigenvalue weighted by Gasteiger charge is 2.52. The van der Waals surface area contributed by atoms with Gasteiger partial charge in [0.2, 0.25) is 11.8 Å². The van der Waals surface area contributed by atoms with Gasteiger partial charge in [-0.15, -0.1) is 0 Å². The highest BCUT2D eigenvalue weighted by molar-refractivity contribution is 9.12. The summed E-state index contributed by atoms with van der Waals surface area (Å²) in [6.07, 6.45) is -3.54. The molecule has 1 saturated carbocycles. The fraction of sp³-hybridized carbons (Fsp3) is 0.467. The number of anilines is 1. The van der Waals surface area contributed by atoms with Crippen LogP contribution in [0.25, 0.3) is 0 Å². The summed E-state index contributed by atoms with van der Waals surface area (Å²) in [5, 5.41) is 0. The normalized spacial score (nSPS) is 31.4. The molecule has 8 heteroatoms. The number of fused-ring (bicyclic) bond motifs is 1. The van der Waals surface area contributed by atoms with Crippen molar-refractivity contribution in [2.75, 3.05) is 4.90 Å². The fourth-order valence-corrected chi connectivity index (χ4v) is 4.41. The van der Waals surface area contributed by atoms with Crippen LogP contribution in [0.1, 0.15) is 18.4 Å². The summed E-state index contributed by atoms with van der Waals surface area (Å²) in [6.45, 7) is 0. The second-order valence-electron chi connectivity index (χ2n) is 5.78. The lowest BCUT2D eigenvalue weighted by molar-refractivity contribution is -0.137. The standard InChI is InChI=1S/C15H12Br2F3NO2/c16-11-5-9-10(6-12(11)17)14(23)21(13(9)22)8-3-1-2-7(4-8)15(18,19)20/h1-4,9-12H,5-6H2. The van der Waals surface area contributed by atoms with E-state index in [0.717, 1.165) is 17.0 Å². The third-order valence-electron chi connectivity index (χ3n) is 4.34. The molecule has 2 fully saturated rings. The van der Waals surface area contributed by atoms with Crippen LogP contribution in [0.5, 0.6) is 0 Å². The van der Waals surface area contributed by atoms with E-state index in [0.29, 0.717) is 12.8 Å². The van der Waals surface area contributed by atoms with Crippen LogP contribution >= 0.6 is 31.9 Å². The summed E-state index contributed by atoms with van der Waals surface area (Å²) in [5.41, 5.74) is -0.885. The number of amides is 2. The Morgan fingerprint density at radius 3 is 2.00 bits per heavy atom. The van der Waals surface area contributed by atoms with Gasteiger partial charge in [0.25, 0.3) is 0 Å². The van der Waals surface area contributed by atoms with Crippen molar-refractivity contribution in [1.82, 2.24) is 0 Å². The Hall–Kier alpha value is -0.890. The van der Waals surface area contributed by atoms with Crippen LogP contribution in [0.3, 0.4) is 0 Å². The molecule has 1 saturated heterocycles. The number of carbonyl (C=O) groups excluding carboxylic acids is 2. The Balaban J connectivity index is 1.95. The largest absolute Gasteiger partial charge is 0.416 e. The van der Waals surface area contributed by atoms with Crippen LogP contribution in [-0.4, -0.2) is 21.5 Å². The number of carbonyl (C=O) groups is 2. The van der Waals surface area contributed by atoms with Crippen molar-refractivity contribution in [2.45, 2.75) is 28.7 Å². The molecule has 3 rings (SSSR count). The average Bonchev–Trinajstić information content (AvgIpc) is 2.71. The summed E-state index contributed by atoms with van der Waals surface area (Å²) in [6, 6.07) is 4.34. The van der Waals surface area contributed by atoms with Crippen molar-refractivity contribution in [2.24, 2.45) is 11.8 Å². The summed E-state index contributed by atoms with van der Waals surface area (Å²) in [5.74, 6) is -1.78. The van der Waals surface area contributed by atoms with Crippen molar-refractivity contribution < 1.29 is 22.8 Å². The fourth-order valence-electron chi connectivity index (χ4n) is 3.17. The van der Waals surface area contributed by atoms with E-state index in [2.05, 4.69) is 31.9 Å². The van der Waals surface area contributed by atoms with Gasteiger partial charge in [-0.25, -0.2) is 0 Å². The molecule has 4 atom stereocenters. The zero-order chi connectivity index (χ0) is 16.9. The molecule has 0 aromatic heterocycles. The number of imide groups is 1. The Kier molecular flexibility index (Phi) is 4.33. The van der Waals surface area contributed by atoms with Crippen LogP contribution in [-0.2, 0) is 15.8 Å². The molecule has 4 unspecified atom stereocenters. The Labute approximate surface area is 147 Å². The van der Waals surface area contributed by atoms with Gasteiger partial charge in [0.05, 0.1) is 23.1 Å². The van der Waals surface area contributed by atoms with Crippen molar-refractivity contribution in [1.29, 1.82) is 0 Å². The summed E-state index contributed by atoms with van der Waals surface area (Å²) >= 11 is 6.95. The zero-order valence-corrected chi connectivity index (χ0v) is 14.9. The first-order valence-electron chi connectivity index (χ1n) is 7.03. The van der Waals surface area contributed by atoms with E-state index in [4.69, 9.17) is 0 Å². The first-order valence-corrected chi connectivity index (χ1v) is 8.86. The molecule has 0 spiro atoms. The van der Waals surface area contributed by atoms with E-state index in [9.17, 15) is 22.8 Å². The van der Waals surface area contributed by atoms with Crippen LogP contribution in [0.15, 0.2) is 24.3 Å². The monoisotopic (exact) mass is 453 g/mol. The minimum atomic E-state index is -4.52. The first kappa shape index (κ1) is 17.0. The third kappa shape index (κ3) is 2.95. The molecule has 2 amide bonds. The van der Waals surface area contributed by atoms with E-state index < -0.39 is 35.4 Å². The summed E-state index contributed by atoms with van der Waals surface area (Å²) in [7, 11) is 0. The smallest absolute Gasteiger partial charge is 0.274 e. The first-order chi connectivity index (χ1) is 10.7. The molecular weight excluding hydrogens is 443 g/mol. The molecule has 1 aromatic rings. The van der Waals surface area contributed by atoms with Crippen molar-refractivity contribution in [3.05, 3.63) is 29.8 Å². The lowest BCUT2D eigenvalue weighted by Crippen LogP contribution is -2.34. The second kappa shape index (κ2) is 5.88. The number of nitrogens with zero attached hydrogens (tertiary/aromatic N) is 1. The molecular formula is C15H12Br2F3NO2. The molecule has 1 aliphatic heterocycles. The molecule has 23 heavy (non-hydrogen) atoms. The maximum Gasteiger partial charge on any atom is 0.416 e. The van der Waals surface area contributed by atoms with Crippen molar-refractivity contribution in [3.8, 4) is 0 Å².